The number of hydrogen-bond acceptors (Lipinski definition) is 4. The number of benzene rings is 1. The molecule has 1 rings (SSSR count). The molecule has 3 N–H and O–H groups in total. The topological polar surface area (TPSA) is 75.8 Å². The lowest BCUT2D eigenvalue weighted by molar-refractivity contribution is -0.132. The molecule has 1 unspecified atom stereocenters. The molecule has 1 amide bonds. The van der Waals surface area contributed by atoms with Crippen LogP contribution in [0.2, 0.25) is 0 Å². The third kappa shape index (κ3) is 4.49. The van der Waals surface area contributed by atoms with Crippen LogP contribution in [0.25, 0.3) is 0 Å². The van der Waals surface area contributed by atoms with E-state index in [-0.39, 0.29) is 12.5 Å². The molecule has 0 fully saturated rings. The zero-order valence-electron chi connectivity index (χ0n) is 11.1. The van der Waals surface area contributed by atoms with Crippen molar-refractivity contribution < 1.29 is 14.6 Å². The van der Waals surface area contributed by atoms with E-state index in [0.717, 1.165) is 15.8 Å². The largest absolute Gasteiger partial charge is 0.496 e. The fraction of sp³-hybridized carbons (Fsp3) is 0.462. The van der Waals surface area contributed by atoms with Crippen LogP contribution >= 0.6 is 15.9 Å². The molecule has 0 aliphatic carbocycles. The molecule has 0 spiro atoms. The number of methoxy groups -OCH3 is 1. The van der Waals surface area contributed by atoms with Gasteiger partial charge in [0.1, 0.15) is 11.8 Å². The fourth-order valence-electron chi connectivity index (χ4n) is 1.63. The van der Waals surface area contributed by atoms with Crippen LogP contribution in [0.5, 0.6) is 5.75 Å². The second kappa shape index (κ2) is 7.47. The molecule has 1 atom stereocenters. The van der Waals surface area contributed by atoms with E-state index in [2.05, 4.69) is 15.9 Å². The van der Waals surface area contributed by atoms with Crippen molar-refractivity contribution in [3.63, 3.8) is 0 Å². The van der Waals surface area contributed by atoms with E-state index in [9.17, 15) is 4.79 Å². The summed E-state index contributed by atoms with van der Waals surface area (Å²) in [7, 11) is 3.29. The molecular formula is C13H19BrN2O3. The van der Waals surface area contributed by atoms with Crippen molar-refractivity contribution in [2.45, 2.75) is 12.5 Å². The Bertz CT molecular complexity index is 440. The first-order valence-electron chi connectivity index (χ1n) is 5.93. The van der Waals surface area contributed by atoms with E-state index in [0.29, 0.717) is 13.0 Å². The van der Waals surface area contributed by atoms with Gasteiger partial charge in [0.2, 0.25) is 5.91 Å². The minimum absolute atomic E-state index is 0.255. The van der Waals surface area contributed by atoms with E-state index < -0.39 is 6.04 Å². The van der Waals surface area contributed by atoms with Crippen molar-refractivity contribution in [1.82, 2.24) is 4.90 Å². The van der Waals surface area contributed by atoms with Crippen molar-refractivity contribution in [2.75, 3.05) is 27.3 Å². The Kier molecular flexibility index (Phi) is 6.27. The third-order valence-corrected chi connectivity index (χ3v) is 3.46. The van der Waals surface area contributed by atoms with Gasteiger partial charge < -0.3 is 20.5 Å². The predicted molar refractivity (Wildman–Crippen MR) is 77.1 cm³/mol. The summed E-state index contributed by atoms with van der Waals surface area (Å²) < 4.78 is 6.04. The number of rotatable bonds is 6. The Morgan fingerprint density at radius 1 is 1.58 bits per heavy atom. The second-order valence-corrected chi connectivity index (χ2v) is 5.12. The summed E-state index contributed by atoms with van der Waals surface area (Å²) in [4.78, 5) is 13.2. The standard InChI is InChI=1S/C13H19BrN2O3/c1-16(13(18)11(15)8-17)6-5-9-3-4-12(19-2)10(14)7-9/h3-4,7,11,17H,5-6,8,15H2,1-2H3. The van der Waals surface area contributed by atoms with Crippen molar-refractivity contribution in [3.05, 3.63) is 28.2 Å². The summed E-state index contributed by atoms with van der Waals surface area (Å²) in [5.41, 5.74) is 6.57. The number of hydrogen-bond donors (Lipinski definition) is 2. The normalized spacial score (nSPS) is 12.1. The van der Waals surface area contributed by atoms with E-state index in [1.54, 1.807) is 14.2 Å². The van der Waals surface area contributed by atoms with Gasteiger partial charge in [-0.3, -0.25) is 4.79 Å². The quantitative estimate of drug-likeness (QED) is 0.808. The number of halogens is 1. The highest BCUT2D eigenvalue weighted by Gasteiger charge is 2.16. The zero-order valence-corrected chi connectivity index (χ0v) is 12.7. The van der Waals surface area contributed by atoms with Gasteiger partial charge in [-0.15, -0.1) is 0 Å². The molecule has 0 aliphatic rings. The molecule has 0 radical (unpaired) electrons. The van der Waals surface area contributed by atoms with E-state index in [4.69, 9.17) is 15.6 Å². The summed E-state index contributed by atoms with van der Waals surface area (Å²) in [6, 6.07) is 4.95. The molecular weight excluding hydrogens is 312 g/mol. The average Bonchev–Trinajstić information content (AvgIpc) is 2.43. The van der Waals surface area contributed by atoms with E-state index in [1.807, 2.05) is 18.2 Å². The number of nitrogens with two attached hydrogens (primary N) is 1. The molecule has 0 saturated heterocycles. The summed E-state index contributed by atoms with van der Waals surface area (Å²) in [6.45, 7) is 0.211. The Morgan fingerprint density at radius 2 is 2.26 bits per heavy atom. The minimum atomic E-state index is -0.840. The fourth-order valence-corrected chi connectivity index (χ4v) is 2.22. The third-order valence-electron chi connectivity index (χ3n) is 2.84. The Hall–Kier alpha value is -1.11. The molecule has 0 heterocycles. The first-order chi connectivity index (χ1) is 8.99. The highest BCUT2D eigenvalue weighted by molar-refractivity contribution is 9.10. The van der Waals surface area contributed by atoms with E-state index >= 15 is 0 Å². The molecule has 1 aromatic carbocycles. The summed E-state index contributed by atoms with van der Waals surface area (Å²) in [5.74, 6) is 0.519. The van der Waals surface area contributed by atoms with Gasteiger partial charge in [-0.1, -0.05) is 6.07 Å². The number of aliphatic hydroxyl groups excluding tert-OH is 1. The van der Waals surface area contributed by atoms with E-state index in [1.165, 1.54) is 4.90 Å². The smallest absolute Gasteiger partial charge is 0.241 e. The van der Waals surface area contributed by atoms with Gasteiger partial charge in [0, 0.05) is 13.6 Å². The molecule has 106 valence electrons. The lowest BCUT2D eigenvalue weighted by atomic mass is 10.1. The predicted octanol–water partition coefficient (Wildman–Crippen LogP) is 0.778. The highest BCUT2D eigenvalue weighted by Crippen LogP contribution is 2.25. The van der Waals surface area contributed by atoms with Crippen LogP contribution in [0.3, 0.4) is 0 Å². The summed E-state index contributed by atoms with van der Waals surface area (Å²) in [6.07, 6.45) is 0.711. The number of aliphatic hydroxyl groups is 1. The van der Waals surface area contributed by atoms with Gasteiger partial charge >= 0.3 is 0 Å². The minimum Gasteiger partial charge on any atom is -0.496 e. The van der Waals surface area contributed by atoms with Crippen molar-refractivity contribution in [1.29, 1.82) is 0 Å². The van der Waals surface area contributed by atoms with Gasteiger partial charge in [0.05, 0.1) is 18.2 Å². The average molecular weight is 331 g/mol. The Balaban J connectivity index is 2.57. The molecule has 6 heteroatoms. The second-order valence-electron chi connectivity index (χ2n) is 4.27. The molecule has 19 heavy (non-hydrogen) atoms. The van der Waals surface area contributed by atoms with Gasteiger partial charge in [0.15, 0.2) is 0 Å². The number of carbonyl (C=O) groups excluding carboxylic acids is 1. The number of likely N-dealkylation sites (N-methyl/N-ethyl adjacent to an activating group) is 1. The van der Waals surface area contributed by atoms with Gasteiger partial charge in [-0.2, -0.15) is 0 Å². The maximum Gasteiger partial charge on any atom is 0.241 e. The lowest BCUT2D eigenvalue weighted by Gasteiger charge is -2.20. The first-order valence-corrected chi connectivity index (χ1v) is 6.72. The van der Waals surface area contributed by atoms with Crippen LogP contribution in [0.4, 0.5) is 0 Å². The SMILES string of the molecule is COc1ccc(CCN(C)C(=O)C(N)CO)cc1Br. The van der Waals surface area contributed by atoms with Gasteiger partial charge in [-0.05, 0) is 40.0 Å². The maximum absolute atomic E-state index is 11.7. The van der Waals surface area contributed by atoms with Crippen LogP contribution in [0, 0.1) is 0 Å². The highest BCUT2D eigenvalue weighted by atomic mass is 79.9. The molecule has 0 saturated carbocycles. The molecule has 0 bridgehead atoms. The number of carbonyl (C=O) groups is 1. The number of amides is 1. The zero-order chi connectivity index (χ0) is 14.4. The maximum atomic E-state index is 11.7. The van der Waals surface area contributed by atoms with Gasteiger partial charge in [-0.25, -0.2) is 0 Å². The Labute approximate surface area is 121 Å². The molecule has 5 nitrogen and oxygen atoms in total. The van der Waals surface area contributed by atoms with Crippen molar-refractivity contribution >= 4 is 21.8 Å². The van der Waals surface area contributed by atoms with Crippen LogP contribution in [0.1, 0.15) is 5.56 Å². The lowest BCUT2D eigenvalue weighted by Crippen LogP contribution is -2.44. The number of ether oxygens (including phenoxy) is 1. The van der Waals surface area contributed by atoms with Gasteiger partial charge in [0.25, 0.3) is 0 Å². The van der Waals surface area contributed by atoms with Crippen molar-refractivity contribution in [3.8, 4) is 5.75 Å². The number of nitrogens with zero attached hydrogens (tertiary/aromatic N) is 1. The van der Waals surface area contributed by atoms with Crippen LogP contribution in [0.15, 0.2) is 22.7 Å². The summed E-state index contributed by atoms with van der Waals surface area (Å²) in [5, 5.41) is 8.84. The molecule has 0 aliphatic heterocycles. The molecule has 1 aromatic rings. The van der Waals surface area contributed by atoms with Crippen molar-refractivity contribution in [2.24, 2.45) is 5.73 Å². The monoisotopic (exact) mass is 330 g/mol. The van der Waals surface area contributed by atoms with Crippen LogP contribution in [-0.4, -0.2) is 49.3 Å². The summed E-state index contributed by atoms with van der Waals surface area (Å²) >= 11 is 3.42. The van der Waals surface area contributed by atoms with Crippen LogP contribution < -0.4 is 10.5 Å². The molecule has 0 aromatic heterocycles. The Morgan fingerprint density at radius 3 is 2.79 bits per heavy atom. The van der Waals surface area contributed by atoms with Crippen LogP contribution in [-0.2, 0) is 11.2 Å². The first kappa shape index (κ1) is 15.9.